The minimum absolute atomic E-state index is 0.0458. The van der Waals surface area contributed by atoms with E-state index in [9.17, 15) is 14.7 Å². The third-order valence-corrected chi connectivity index (χ3v) is 8.44. The molecule has 2 aromatic carbocycles. The average molecular weight is 531 g/mol. The lowest BCUT2D eigenvalue weighted by Gasteiger charge is -2.32. The fraction of sp³-hybridized carbons (Fsp3) is 0.310. The van der Waals surface area contributed by atoms with Crippen LogP contribution in [0.4, 0.5) is 4.79 Å². The number of benzene rings is 2. The van der Waals surface area contributed by atoms with E-state index < -0.39 is 30.4 Å². The SMILES string of the molecule is CC1(C)OB(C(=Cc2sccc2C(=O)O)CNC(=O)OCC2c3ccccc3-c3ccccc32)OC1(C)C. The number of fused-ring (bicyclic) bond motifs is 3. The highest BCUT2D eigenvalue weighted by atomic mass is 32.1. The van der Waals surface area contributed by atoms with Gasteiger partial charge in [-0.15, -0.1) is 11.3 Å². The van der Waals surface area contributed by atoms with E-state index in [4.69, 9.17) is 14.0 Å². The van der Waals surface area contributed by atoms with Gasteiger partial charge in [0, 0.05) is 17.3 Å². The molecule has 2 heterocycles. The maximum atomic E-state index is 12.8. The molecule has 38 heavy (non-hydrogen) atoms. The number of carbonyl (C=O) groups is 2. The number of ether oxygens (including phenoxy) is 1. The van der Waals surface area contributed by atoms with Crippen LogP contribution in [-0.2, 0) is 14.0 Å². The number of thiophene rings is 1. The number of carboxylic acids is 1. The van der Waals surface area contributed by atoms with E-state index in [1.807, 2.05) is 52.0 Å². The third-order valence-electron chi connectivity index (χ3n) is 7.58. The topological polar surface area (TPSA) is 94.1 Å². The molecule has 1 aliphatic heterocycles. The van der Waals surface area contributed by atoms with Crippen LogP contribution in [0.15, 0.2) is 65.4 Å². The highest BCUT2D eigenvalue weighted by Crippen LogP contribution is 2.44. The van der Waals surface area contributed by atoms with E-state index in [2.05, 4.69) is 29.6 Å². The zero-order valence-electron chi connectivity index (χ0n) is 21.8. The first-order valence-corrected chi connectivity index (χ1v) is 13.4. The molecule has 5 rings (SSSR count). The molecule has 0 atom stereocenters. The Balaban J connectivity index is 1.31. The lowest BCUT2D eigenvalue weighted by Crippen LogP contribution is -2.41. The minimum Gasteiger partial charge on any atom is -0.478 e. The number of carboxylic acid groups (broad SMARTS) is 1. The van der Waals surface area contributed by atoms with Crippen LogP contribution in [0.25, 0.3) is 17.2 Å². The summed E-state index contributed by atoms with van der Waals surface area (Å²) in [5.74, 6) is -1.06. The van der Waals surface area contributed by atoms with Crippen LogP contribution >= 0.6 is 11.3 Å². The van der Waals surface area contributed by atoms with Crippen molar-refractivity contribution in [2.45, 2.75) is 44.8 Å². The molecule has 196 valence electrons. The molecule has 2 N–H and O–H groups in total. The lowest BCUT2D eigenvalue weighted by molar-refractivity contribution is 0.00578. The summed E-state index contributed by atoms with van der Waals surface area (Å²) in [5, 5.41) is 14.1. The molecule has 2 aliphatic rings. The van der Waals surface area contributed by atoms with Crippen molar-refractivity contribution in [1.29, 1.82) is 0 Å². The first-order chi connectivity index (χ1) is 18.1. The van der Waals surface area contributed by atoms with Gasteiger partial charge in [-0.1, -0.05) is 48.5 Å². The molecule has 0 saturated carbocycles. The van der Waals surface area contributed by atoms with Crippen molar-refractivity contribution < 1.29 is 28.7 Å². The Bertz CT molecular complexity index is 1350. The van der Waals surface area contributed by atoms with Gasteiger partial charge in [-0.2, -0.15) is 0 Å². The maximum Gasteiger partial charge on any atom is 0.492 e. The number of carbonyl (C=O) groups excluding carboxylic acids is 1. The van der Waals surface area contributed by atoms with Gasteiger partial charge < -0.3 is 24.5 Å². The Labute approximate surface area is 226 Å². The van der Waals surface area contributed by atoms with Crippen LogP contribution in [0.5, 0.6) is 0 Å². The van der Waals surface area contributed by atoms with Gasteiger partial charge in [0.25, 0.3) is 0 Å². The van der Waals surface area contributed by atoms with Crippen LogP contribution in [0, 0.1) is 0 Å². The molecule has 1 saturated heterocycles. The number of hydrogen-bond donors (Lipinski definition) is 2. The van der Waals surface area contributed by atoms with Crippen LogP contribution in [0.1, 0.15) is 60.0 Å². The van der Waals surface area contributed by atoms with Crippen molar-refractivity contribution in [2.24, 2.45) is 0 Å². The molecular weight excluding hydrogens is 501 g/mol. The number of hydrogen-bond acceptors (Lipinski definition) is 6. The van der Waals surface area contributed by atoms with Gasteiger partial charge in [-0.25, -0.2) is 9.59 Å². The Kier molecular flexibility index (Phi) is 6.94. The summed E-state index contributed by atoms with van der Waals surface area (Å²) in [5.41, 5.74) is 4.20. The summed E-state index contributed by atoms with van der Waals surface area (Å²) < 4.78 is 18.1. The van der Waals surface area contributed by atoms with Crippen molar-refractivity contribution >= 4 is 36.6 Å². The van der Waals surface area contributed by atoms with Gasteiger partial charge in [0.05, 0.1) is 16.8 Å². The Morgan fingerprint density at radius 1 is 1.00 bits per heavy atom. The zero-order valence-corrected chi connectivity index (χ0v) is 22.6. The monoisotopic (exact) mass is 531 g/mol. The van der Waals surface area contributed by atoms with Crippen LogP contribution in [0.2, 0.25) is 0 Å². The summed E-state index contributed by atoms with van der Waals surface area (Å²) in [6, 6.07) is 17.9. The second kappa shape index (κ2) is 10.1. The van der Waals surface area contributed by atoms with Gasteiger partial charge in [-0.3, -0.25) is 0 Å². The lowest BCUT2D eigenvalue weighted by atomic mass is 9.77. The largest absolute Gasteiger partial charge is 0.492 e. The Hall–Kier alpha value is -3.40. The third kappa shape index (κ3) is 4.89. The standard InChI is InChI=1S/C29H30BNO6S/c1-28(2)29(3,4)37-30(36-28)18(15-25-23(26(32)33)13-14-38-25)16-31-27(34)35-17-24-21-11-7-5-9-19(21)20-10-6-8-12-22(20)24/h5-15,24H,16-17H2,1-4H3,(H,31,34)(H,32,33). The molecule has 0 bridgehead atoms. The van der Waals surface area contributed by atoms with Gasteiger partial charge in [0.15, 0.2) is 0 Å². The molecule has 1 fully saturated rings. The minimum atomic E-state index is -1.02. The molecular formula is C29H30BNO6S. The van der Waals surface area contributed by atoms with Gasteiger partial charge in [0.2, 0.25) is 0 Å². The molecule has 3 aromatic rings. The molecule has 1 aliphatic carbocycles. The second-order valence-corrected chi connectivity index (χ2v) is 11.4. The van der Waals surface area contributed by atoms with E-state index in [0.29, 0.717) is 10.3 Å². The van der Waals surface area contributed by atoms with Crippen molar-refractivity contribution in [3.05, 3.63) is 87.0 Å². The first kappa shape index (κ1) is 26.2. The normalized spacial score (nSPS) is 17.7. The first-order valence-electron chi connectivity index (χ1n) is 12.5. The summed E-state index contributed by atoms with van der Waals surface area (Å²) in [4.78, 5) is 25.1. The molecule has 9 heteroatoms. The maximum absolute atomic E-state index is 12.8. The highest BCUT2D eigenvalue weighted by molar-refractivity contribution is 7.11. The number of nitrogens with one attached hydrogen (secondary N) is 1. The average Bonchev–Trinajstić information content (AvgIpc) is 3.53. The van der Waals surface area contributed by atoms with Crippen molar-refractivity contribution in [2.75, 3.05) is 13.2 Å². The quantitative estimate of drug-likeness (QED) is 0.364. The number of amides is 1. The molecule has 1 aromatic heterocycles. The van der Waals surface area contributed by atoms with E-state index in [1.54, 1.807) is 17.5 Å². The molecule has 7 nitrogen and oxygen atoms in total. The molecule has 0 spiro atoms. The van der Waals surface area contributed by atoms with Gasteiger partial charge >= 0.3 is 19.2 Å². The van der Waals surface area contributed by atoms with Crippen molar-refractivity contribution in [3.8, 4) is 11.1 Å². The van der Waals surface area contributed by atoms with Gasteiger partial charge in [0.1, 0.15) is 6.61 Å². The van der Waals surface area contributed by atoms with Crippen LogP contribution < -0.4 is 5.32 Å². The predicted molar refractivity (Wildman–Crippen MR) is 148 cm³/mol. The van der Waals surface area contributed by atoms with E-state index in [0.717, 1.165) is 22.3 Å². The fourth-order valence-electron chi connectivity index (χ4n) is 4.80. The molecule has 0 unspecified atom stereocenters. The van der Waals surface area contributed by atoms with E-state index in [-0.39, 0.29) is 24.6 Å². The number of alkyl carbamates (subject to hydrolysis) is 1. The smallest absolute Gasteiger partial charge is 0.478 e. The highest BCUT2D eigenvalue weighted by Gasteiger charge is 2.52. The summed E-state index contributed by atoms with van der Waals surface area (Å²) in [6.07, 6.45) is 1.15. The number of rotatable bonds is 7. The summed E-state index contributed by atoms with van der Waals surface area (Å²) in [7, 11) is -0.752. The van der Waals surface area contributed by atoms with Crippen LogP contribution in [0.3, 0.4) is 0 Å². The predicted octanol–water partition coefficient (Wildman–Crippen LogP) is 6.00. The summed E-state index contributed by atoms with van der Waals surface area (Å²) >= 11 is 1.30. The summed E-state index contributed by atoms with van der Waals surface area (Å²) in [6.45, 7) is 8.04. The molecule has 1 amide bonds. The molecule has 0 radical (unpaired) electrons. The van der Waals surface area contributed by atoms with Crippen LogP contribution in [-0.4, -0.2) is 48.6 Å². The van der Waals surface area contributed by atoms with Crippen molar-refractivity contribution in [1.82, 2.24) is 5.32 Å². The Morgan fingerprint density at radius 2 is 1.58 bits per heavy atom. The second-order valence-electron chi connectivity index (χ2n) is 10.5. The van der Waals surface area contributed by atoms with E-state index in [1.165, 1.54) is 11.3 Å². The van der Waals surface area contributed by atoms with Gasteiger partial charge in [-0.05, 0) is 72.9 Å². The number of aromatic carboxylic acids is 1. The fourth-order valence-corrected chi connectivity index (χ4v) is 5.65. The zero-order chi connectivity index (χ0) is 27.1. The van der Waals surface area contributed by atoms with Crippen molar-refractivity contribution in [3.63, 3.8) is 0 Å². The van der Waals surface area contributed by atoms with E-state index >= 15 is 0 Å². The Morgan fingerprint density at radius 3 is 2.16 bits per heavy atom.